The van der Waals surface area contributed by atoms with Crippen molar-refractivity contribution in [2.75, 3.05) is 18.8 Å². The zero-order valence-corrected chi connectivity index (χ0v) is 10.5. The lowest BCUT2D eigenvalue weighted by Crippen LogP contribution is -2.43. The van der Waals surface area contributed by atoms with Crippen molar-refractivity contribution < 1.29 is 5.11 Å². The minimum Gasteiger partial charge on any atom is -0.389 e. The van der Waals surface area contributed by atoms with Crippen LogP contribution in [0.3, 0.4) is 0 Å². The van der Waals surface area contributed by atoms with Gasteiger partial charge in [0.25, 0.3) is 0 Å². The predicted molar refractivity (Wildman–Crippen MR) is 69.0 cm³/mol. The summed E-state index contributed by atoms with van der Waals surface area (Å²) in [5.41, 5.74) is 0.811. The van der Waals surface area contributed by atoms with E-state index in [9.17, 15) is 5.11 Å². The van der Waals surface area contributed by atoms with E-state index < -0.39 is 5.60 Å². The lowest BCUT2D eigenvalue weighted by Gasteiger charge is -2.32. The summed E-state index contributed by atoms with van der Waals surface area (Å²) in [5, 5.41) is 13.6. The molecule has 0 unspecified atom stereocenters. The van der Waals surface area contributed by atoms with Crippen LogP contribution in [0.2, 0.25) is 0 Å². The number of benzene rings is 1. The number of nitrogens with one attached hydrogen (secondary N) is 1. The second-order valence-corrected chi connectivity index (χ2v) is 5.62. The molecule has 0 aromatic heterocycles. The zero-order chi connectivity index (χ0) is 11.4. The predicted octanol–water partition coefficient (Wildman–Crippen LogP) is 2.20. The molecule has 1 heterocycles. The van der Waals surface area contributed by atoms with E-state index >= 15 is 0 Å². The number of thioether (sulfide) groups is 1. The molecule has 1 aliphatic heterocycles. The SMILES string of the molecule is Cc1ccc(SCC2(O)CCNCC2)cc1. The monoisotopic (exact) mass is 237 g/mol. The number of hydrogen-bond acceptors (Lipinski definition) is 3. The van der Waals surface area contributed by atoms with Crippen molar-refractivity contribution in [2.45, 2.75) is 30.3 Å². The first-order valence-electron chi connectivity index (χ1n) is 5.81. The van der Waals surface area contributed by atoms with Gasteiger partial charge in [0, 0.05) is 10.6 Å². The highest BCUT2D eigenvalue weighted by Gasteiger charge is 2.28. The highest BCUT2D eigenvalue weighted by Crippen LogP contribution is 2.28. The van der Waals surface area contributed by atoms with Crippen LogP contribution in [0.15, 0.2) is 29.2 Å². The van der Waals surface area contributed by atoms with Gasteiger partial charge in [-0.15, -0.1) is 11.8 Å². The first kappa shape index (κ1) is 12.0. The highest BCUT2D eigenvalue weighted by molar-refractivity contribution is 7.99. The van der Waals surface area contributed by atoms with Gasteiger partial charge in [0.15, 0.2) is 0 Å². The van der Waals surface area contributed by atoms with Gasteiger partial charge in [0.1, 0.15) is 0 Å². The number of piperidine rings is 1. The van der Waals surface area contributed by atoms with Crippen LogP contribution in [-0.4, -0.2) is 29.5 Å². The second-order valence-electron chi connectivity index (χ2n) is 4.58. The van der Waals surface area contributed by atoms with E-state index in [1.807, 2.05) is 0 Å². The molecule has 2 nitrogen and oxygen atoms in total. The zero-order valence-electron chi connectivity index (χ0n) is 9.70. The molecule has 2 N–H and O–H groups in total. The molecular formula is C13H19NOS. The van der Waals surface area contributed by atoms with Crippen molar-refractivity contribution in [1.82, 2.24) is 5.32 Å². The fraction of sp³-hybridized carbons (Fsp3) is 0.538. The minimum atomic E-state index is -0.471. The van der Waals surface area contributed by atoms with E-state index in [0.717, 1.165) is 31.7 Å². The maximum atomic E-state index is 10.3. The van der Waals surface area contributed by atoms with E-state index in [0.29, 0.717) is 0 Å². The Bertz CT molecular complexity index is 330. The summed E-state index contributed by atoms with van der Waals surface area (Å²) in [6.07, 6.45) is 1.73. The van der Waals surface area contributed by atoms with Gasteiger partial charge in [-0.05, 0) is 45.0 Å². The van der Waals surface area contributed by atoms with Crippen molar-refractivity contribution in [1.29, 1.82) is 0 Å². The van der Waals surface area contributed by atoms with Crippen LogP contribution < -0.4 is 5.32 Å². The van der Waals surface area contributed by atoms with Gasteiger partial charge in [-0.3, -0.25) is 0 Å². The molecule has 3 heteroatoms. The quantitative estimate of drug-likeness (QED) is 0.791. The first-order valence-corrected chi connectivity index (χ1v) is 6.79. The van der Waals surface area contributed by atoms with Crippen LogP contribution >= 0.6 is 11.8 Å². The fourth-order valence-corrected chi connectivity index (χ4v) is 2.94. The molecule has 88 valence electrons. The molecule has 0 bridgehead atoms. The molecule has 1 aromatic carbocycles. The van der Waals surface area contributed by atoms with E-state index in [4.69, 9.17) is 0 Å². The Labute approximate surface area is 101 Å². The Hall–Kier alpha value is -0.510. The smallest absolute Gasteiger partial charge is 0.0765 e. The number of hydrogen-bond donors (Lipinski definition) is 2. The number of aliphatic hydroxyl groups is 1. The molecule has 1 aliphatic rings. The number of rotatable bonds is 3. The summed E-state index contributed by atoms with van der Waals surface area (Å²) in [6.45, 7) is 3.96. The summed E-state index contributed by atoms with van der Waals surface area (Å²) >= 11 is 1.76. The van der Waals surface area contributed by atoms with Gasteiger partial charge in [0.2, 0.25) is 0 Å². The molecule has 2 rings (SSSR count). The summed E-state index contributed by atoms with van der Waals surface area (Å²) in [6, 6.07) is 8.50. The van der Waals surface area contributed by atoms with Gasteiger partial charge in [-0.2, -0.15) is 0 Å². The Balaban J connectivity index is 1.88. The molecule has 1 aromatic rings. The van der Waals surface area contributed by atoms with Crippen molar-refractivity contribution in [3.63, 3.8) is 0 Å². The maximum Gasteiger partial charge on any atom is 0.0765 e. The molecule has 0 atom stereocenters. The van der Waals surface area contributed by atoms with Crippen LogP contribution in [-0.2, 0) is 0 Å². The molecule has 0 aliphatic carbocycles. The maximum absolute atomic E-state index is 10.3. The molecule has 0 spiro atoms. The summed E-state index contributed by atoms with van der Waals surface area (Å²) in [5.74, 6) is 0.803. The summed E-state index contributed by atoms with van der Waals surface area (Å²) < 4.78 is 0. The molecule has 1 fully saturated rings. The molecule has 1 saturated heterocycles. The average Bonchev–Trinajstić information content (AvgIpc) is 2.29. The van der Waals surface area contributed by atoms with E-state index in [1.54, 1.807) is 11.8 Å². The lowest BCUT2D eigenvalue weighted by molar-refractivity contribution is 0.0339. The van der Waals surface area contributed by atoms with Crippen molar-refractivity contribution >= 4 is 11.8 Å². The molecule has 0 radical (unpaired) electrons. The molecule has 0 amide bonds. The largest absolute Gasteiger partial charge is 0.389 e. The van der Waals surface area contributed by atoms with E-state index in [2.05, 4.69) is 36.5 Å². The summed E-state index contributed by atoms with van der Waals surface area (Å²) in [7, 11) is 0. The Morgan fingerprint density at radius 3 is 2.50 bits per heavy atom. The average molecular weight is 237 g/mol. The Morgan fingerprint density at radius 1 is 1.25 bits per heavy atom. The Kier molecular flexibility index (Phi) is 3.90. The van der Waals surface area contributed by atoms with Gasteiger partial charge >= 0.3 is 0 Å². The fourth-order valence-electron chi connectivity index (χ4n) is 1.89. The van der Waals surface area contributed by atoms with Gasteiger partial charge in [0.05, 0.1) is 5.60 Å². The van der Waals surface area contributed by atoms with E-state index in [1.165, 1.54) is 10.5 Å². The number of aryl methyl sites for hydroxylation is 1. The molecular weight excluding hydrogens is 218 g/mol. The van der Waals surface area contributed by atoms with Crippen LogP contribution in [0, 0.1) is 6.92 Å². The first-order chi connectivity index (χ1) is 7.68. The second kappa shape index (κ2) is 5.21. The minimum absolute atomic E-state index is 0.471. The highest BCUT2D eigenvalue weighted by atomic mass is 32.2. The van der Waals surface area contributed by atoms with Gasteiger partial charge in [-0.25, -0.2) is 0 Å². The topological polar surface area (TPSA) is 32.3 Å². The lowest BCUT2D eigenvalue weighted by atomic mass is 9.95. The van der Waals surface area contributed by atoms with Gasteiger partial charge < -0.3 is 10.4 Å². The molecule has 0 saturated carbocycles. The van der Waals surface area contributed by atoms with Crippen molar-refractivity contribution in [2.24, 2.45) is 0 Å². The summed E-state index contributed by atoms with van der Waals surface area (Å²) in [4.78, 5) is 1.25. The third-order valence-corrected chi connectivity index (χ3v) is 4.35. The van der Waals surface area contributed by atoms with Crippen LogP contribution in [0.25, 0.3) is 0 Å². The van der Waals surface area contributed by atoms with Crippen molar-refractivity contribution in [3.8, 4) is 0 Å². The Morgan fingerprint density at radius 2 is 1.88 bits per heavy atom. The van der Waals surface area contributed by atoms with Crippen LogP contribution in [0.4, 0.5) is 0 Å². The molecule has 16 heavy (non-hydrogen) atoms. The third kappa shape index (κ3) is 3.24. The third-order valence-electron chi connectivity index (χ3n) is 3.06. The normalized spacial score (nSPS) is 19.6. The van der Waals surface area contributed by atoms with Crippen molar-refractivity contribution in [3.05, 3.63) is 29.8 Å². The van der Waals surface area contributed by atoms with E-state index in [-0.39, 0.29) is 0 Å². The van der Waals surface area contributed by atoms with Crippen LogP contribution in [0.1, 0.15) is 18.4 Å². The van der Waals surface area contributed by atoms with Crippen LogP contribution in [0.5, 0.6) is 0 Å². The van der Waals surface area contributed by atoms with Gasteiger partial charge in [-0.1, -0.05) is 17.7 Å². The standard InChI is InChI=1S/C13H19NOS/c1-11-2-4-12(5-3-11)16-10-13(15)6-8-14-9-7-13/h2-5,14-15H,6-10H2,1H3.